The first-order chi connectivity index (χ1) is 11.8. The molecule has 0 atom stereocenters. The highest BCUT2D eigenvalue weighted by atomic mass is 127. The van der Waals surface area contributed by atoms with Gasteiger partial charge in [0, 0.05) is 36.2 Å². The number of fused-ring (bicyclic) bond motifs is 1. The molecule has 7 heteroatoms. The van der Waals surface area contributed by atoms with Crippen LogP contribution in [0.4, 0.5) is 0 Å². The third kappa shape index (κ3) is 5.12. The lowest BCUT2D eigenvalue weighted by Crippen LogP contribution is -2.36. The van der Waals surface area contributed by atoms with Gasteiger partial charge < -0.3 is 10.6 Å². The van der Waals surface area contributed by atoms with Crippen LogP contribution in [0, 0.1) is 0 Å². The third-order valence-electron chi connectivity index (χ3n) is 3.77. The van der Waals surface area contributed by atoms with Crippen LogP contribution < -0.4 is 10.6 Å². The van der Waals surface area contributed by atoms with Gasteiger partial charge in [-0.3, -0.25) is 9.98 Å². The zero-order valence-corrected chi connectivity index (χ0v) is 17.5. The van der Waals surface area contributed by atoms with E-state index in [-0.39, 0.29) is 24.0 Å². The van der Waals surface area contributed by atoms with Gasteiger partial charge in [0.1, 0.15) is 5.01 Å². The van der Waals surface area contributed by atoms with E-state index in [2.05, 4.69) is 38.6 Å². The van der Waals surface area contributed by atoms with E-state index in [1.165, 1.54) is 10.4 Å². The van der Waals surface area contributed by atoms with Crippen molar-refractivity contribution in [3.05, 3.63) is 58.2 Å². The molecule has 2 N–H and O–H groups in total. The molecule has 0 fully saturated rings. The van der Waals surface area contributed by atoms with Gasteiger partial charge >= 0.3 is 0 Å². The fourth-order valence-corrected chi connectivity index (χ4v) is 3.26. The van der Waals surface area contributed by atoms with Gasteiger partial charge in [-0.25, -0.2) is 4.98 Å². The summed E-state index contributed by atoms with van der Waals surface area (Å²) in [6.07, 6.45) is 4.82. The summed E-state index contributed by atoms with van der Waals surface area (Å²) in [7, 11) is 1.78. The van der Waals surface area contributed by atoms with E-state index in [0.29, 0.717) is 13.1 Å². The minimum absolute atomic E-state index is 0. The summed E-state index contributed by atoms with van der Waals surface area (Å²) >= 11 is 1.74. The Morgan fingerprint density at radius 2 is 1.92 bits per heavy atom. The number of nitrogens with one attached hydrogen (secondary N) is 2. The summed E-state index contributed by atoms with van der Waals surface area (Å²) in [5, 5.41) is 8.91. The van der Waals surface area contributed by atoms with Crippen LogP contribution in [-0.2, 0) is 19.5 Å². The molecule has 2 aromatic heterocycles. The number of aromatic nitrogens is 2. The van der Waals surface area contributed by atoms with Gasteiger partial charge in [-0.2, -0.15) is 0 Å². The Kier molecular flexibility index (Phi) is 7.57. The van der Waals surface area contributed by atoms with Gasteiger partial charge in [0.25, 0.3) is 0 Å². The average Bonchev–Trinajstić information content (AvgIpc) is 3.10. The number of halogens is 1. The van der Waals surface area contributed by atoms with E-state index >= 15 is 0 Å². The number of guanidine groups is 1. The smallest absolute Gasteiger partial charge is 0.191 e. The summed E-state index contributed by atoms with van der Waals surface area (Å²) in [4.78, 5) is 14.4. The second-order valence-electron chi connectivity index (χ2n) is 5.34. The highest BCUT2D eigenvalue weighted by Gasteiger charge is 2.05. The first-order valence-electron chi connectivity index (χ1n) is 8.01. The van der Waals surface area contributed by atoms with Crippen molar-refractivity contribution in [3.8, 4) is 0 Å². The molecule has 1 aromatic carbocycles. The summed E-state index contributed by atoms with van der Waals surface area (Å²) in [5.41, 5.74) is 2.21. The van der Waals surface area contributed by atoms with E-state index in [4.69, 9.17) is 0 Å². The summed E-state index contributed by atoms with van der Waals surface area (Å²) in [6.45, 7) is 3.52. The van der Waals surface area contributed by atoms with Crippen LogP contribution in [0.15, 0.2) is 47.7 Å². The Morgan fingerprint density at radius 1 is 1.12 bits per heavy atom. The Morgan fingerprint density at radius 3 is 2.68 bits per heavy atom. The minimum Gasteiger partial charge on any atom is -0.352 e. The van der Waals surface area contributed by atoms with Gasteiger partial charge in [0.15, 0.2) is 5.96 Å². The van der Waals surface area contributed by atoms with Crippen molar-refractivity contribution in [2.24, 2.45) is 4.99 Å². The second kappa shape index (κ2) is 9.67. The normalized spacial score (nSPS) is 11.2. The zero-order chi connectivity index (χ0) is 16.8. The van der Waals surface area contributed by atoms with E-state index in [1.807, 2.05) is 36.7 Å². The molecule has 5 nitrogen and oxygen atoms in total. The number of hydrogen-bond acceptors (Lipinski definition) is 4. The quantitative estimate of drug-likeness (QED) is 0.341. The van der Waals surface area contributed by atoms with E-state index in [1.54, 1.807) is 18.4 Å². The number of thiazole rings is 1. The topological polar surface area (TPSA) is 62.2 Å². The first kappa shape index (κ1) is 19.6. The largest absolute Gasteiger partial charge is 0.352 e. The molecule has 0 saturated carbocycles. The molecule has 0 saturated heterocycles. The van der Waals surface area contributed by atoms with Gasteiger partial charge in [-0.15, -0.1) is 35.3 Å². The Bertz CT molecular complexity index is 841. The van der Waals surface area contributed by atoms with E-state index < -0.39 is 0 Å². The molecule has 0 aliphatic rings. The summed E-state index contributed by atoms with van der Waals surface area (Å²) < 4.78 is 0. The lowest BCUT2D eigenvalue weighted by atomic mass is 10.1. The van der Waals surface area contributed by atoms with Crippen molar-refractivity contribution >= 4 is 52.2 Å². The van der Waals surface area contributed by atoms with Crippen LogP contribution in [-0.4, -0.2) is 23.0 Å². The average molecular weight is 467 g/mol. The van der Waals surface area contributed by atoms with Crippen molar-refractivity contribution in [2.75, 3.05) is 7.05 Å². The van der Waals surface area contributed by atoms with Crippen molar-refractivity contribution in [3.63, 3.8) is 0 Å². The van der Waals surface area contributed by atoms with E-state index in [9.17, 15) is 0 Å². The van der Waals surface area contributed by atoms with Crippen molar-refractivity contribution < 1.29 is 0 Å². The van der Waals surface area contributed by atoms with Gasteiger partial charge in [-0.05, 0) is 24.1 Å². The second-order valence-corrected chi connectivity index (χ2v) is 6.54. The lowest BCUT2D eigenvalue weighted by Gasteiger charge is -2.12. The molecular weight excluding hydrogens is 445 g/mol. The number of aliphatic imine (C=N–C) groups is 1. The molecule has 3 rings (SSSR count). The standard InChI is InChI=1S/C18H21N5S.HI/c1-3-14-11-21-17(24-14)12-23-18(19-2)22-10-13-8-9-20-16-7-5-4-6-15(13)16;/h4-9,11H,3,10,12H2,1-2H3,(H2,19,22,23);1H. The molecule has 25 heavy (non-hydrogen) atoms. The third-order valence-corrected chi connectivity index (χ3v) is 4.91. The fraction of sp³-hybridized carbons (Fsp3) is 0.278. The first-order valence-corrected chi connectivity index (χ1v) is 8.82. The Hall–Kier alpha value is -1.74. The number of pyridine rings is 1. The molecule has 2 heterocycles. The Labute approximate surface area is 169 Å². The molecule has 3 aromatic rings. The van der Waals surface area contributed by atoms with Crippen LogP contribution in [0.2, 0.25) is 0 Å². The van der Waals surface area contributed by atoms with Crippen LogP contribution in [0.25, 0.3) is 10.9 Å². The molecule has 0 unspecified atom stereocenters. The summed E-state index contributed by atoms with van der Waals surface area (Å²) in [5.74, 6) is 0.768. The number of aryl methyl sites for hydroxylation is 1. The number of rotatable bonds is 5. The van der Waals surface area contributed by atoms with E-state index in [0.717, 1.165) is 28.3 Å². The molecule has 0 amide bonds. The number of benzene rings is 1. The van der Waals surface area contributed by atoms with Crippen LogP contribution >= 0.6 is 35.3 Å². The van der Waals surface area contributed by atoms with Gasteiger partial charge in [0.2, 0.25) is 0 Å². The molecule has 0 spiro atoms. The predicted octanol–water partition coefficient (Wildman–Crippen LogP) is 3.74. The van der Waals surface area contributed by atoms with Crippen LogP contribution in [0.5, 0.6) is 0 Å². The molecular formula is C18H22IN5S. The maximum absolute atomic E-state index is 4.42. The van der Waals surface area contributed by atoms with Crippen LogP contribution in [0.1, 0.15) is 22.4 Å². The molecule has 0 radical (unpaired) electrons. The van der Waals surface area contributed by atoms with Crippen molar-refractivity contribution in [2.45, 2.75) is 26.4 Å². The van der Waals surface area contributed by atoms with Crippen LogP contribution in [0.3, 0.4) is 0 Å². The number of hydrogen-bond donors (Lipinski definition) is 2. The predicted molar refractivity (Wildman–Crippen MR) is 116 cm³/mol. The minimum atomic E-state index is 0. The van der Waals surface area contributed by atoms with Crippen molar-refractivity contribution in [1.82, 2.24) is 20.6 Å². The molecule has 132 valence electrons. The highest BCUT2D eigenvalue weighted by Crippen LogP contribution is 2.16. The Balaban J connectivity index is 0.00000225. The summed E-state index contributed by atoms with van der Waals surface area (Å²) in [6, 6.07) is 10.2. The van der Waals surface area contributed by atoms with Gasteiger partial charge in [-0.1, -0.05) is 25.1 Å². The highest BCUT2D eigenvalue weighted by molar-refractivity contribution is 14.0. The SMILES string of the molecule is CCc1cnc(CNC(=NC)NCc2ccnc3ccccc23)s1.I. The lowest BCUT2D eigenvalue weighted by molar-refractivity contribution is 0.807. The monoisotopic (exact) mass is 467 g/mol. The molecule has 0 aliphatic heterocycles. The number of para-hydroxylation sites is 1. The van der Waals surface area contributed by atoms with Crippen molar-refractivity contribution in [1.29, 1.82) is 0 Å². The molecule has 0 bridgehead atoms. The zero-order valence-electron chi connectivity index (χ0n) is 14.3. The molecule has 0 aliphatic carbocycles. The maximum Gasteiger partial charge on any atom is 0.191 e. The van der Waals surface area contributed by atoms with Gasteiger partial charge in [0.05, 0.1) is 12.1 Å². The maximum atomic E-state index is 4.42. The fourth-order valence-electron chi connectivity index (χ4n) is 2.46. The number of nitrogens with zero attached hydrogens (tertiary/aromatic N) is 3.